The summed E-state index contributed by atoms with van der Waals surface area (Å²) in [6.07, 6.45) is 3.58. The third-order valence-corrected chi connectivity index (χ3v) is 2.65. The van der Waals surface area contributed by atoms with Crippen molar-refractivity contribution in [3.63, 3.8) is 0 Å². The quantitative estimate of drug-likeness (QED) is 0.831. The van der Waals surface area contributed by atoms with Crippen LogP contribution in [-0.4, -0.2) is 4.98 Å². The number of rotatable bonds is 2. The van der Waals surface area contributed by atoms with Crippen molar-refractivity contribution in [1.82, 2.24) is 4.98 Å². The van der Waals surface area contributed by atoms with E-state index < -0.39 is 0 Å². The Morgan fingerprint density at radius 1 is 1.06 bits per heavy atom. The first-order valence-electron chi connectivity index (χ1n) is 5.40. The predicted octanol–water partition coefficient (Wildman–Crippen LogP) is 2.75. The molecule has 2 N–H and O–H groups in total. The summed E-state index contributed by atoms with van der Waals surface area (Å²) in [7, 11) is 0. The average molecular weight is 212 g/mol. The molecule has 2 rings (SSSR count). The first-order chi connectivity index (χ1) is 7.66. The predicted molar refractivity (Wildman–Crippen MR) is 66.2 cm³/mol. The van der Waals surface area contributed by atoms with E-state index in [1.165, 1.54) is 11.1 Å². The number of pyridine rings is 1. The van der Waals surface area contributed by atoms with Crippen LogP contribution in [0.15, 0.2) is 42.7 Å². The molecule has 0 spiro atoms. The van der Waals surface area contributed by atoms with Crippen LogP contribution >= 0.6 is 0 Å². The van der Waals surface area contributed by atoms with E-state index in [0.29, 0.717) is 0 Å². The van der Waals surface area contributed by atoms with Crippen LogP contribution in [0.4, 0.5) is 0 Å². The molecule has 0 unspecified atom stereocenters. The van der Waals surface area contributed by atoms with Gasteiger partial charge < -0.3 is 5.73 Å². The second kappa shape index (κ2) is 4.45. The Labute approximate surface area is 96.1 Å². The summed E-state index contributed by atoms with van der Waals surface area (Å²) in [4.78, 5) is 4.10. The van der Waals surface area contributed by atoms with Gasteiger partial charge in [-0.05, 0) is 31.0 Å². The molecule has 0 bridgehead atoms. The van der Waals surface area contributed by atoms with Crippen LogP contribution in [0.25, 0.3) is 0 Å². The molecule has 16 heavy (non-hydrogen) atoms. The van der Waals surface area contributed by atoms with Gasteiger partial charge in [0.15, 0.2) is 0 Å². The minimum Gasteiger partial charge on any atom is -0.320 e. The highest BCUT2D eigenvalue weighted by molar-refractivity contribution is 5.35. The minimum absolute atomic E-state index is 0.0905. The van der Waals surface area contributed by atoms with Crippen molar-refractivity contribution in [2.45, 2.75) is 19.9 Å². The zero-order valence-corrected chi connectivity index (χ0v) is 9.64. The van der Waals surface area contributed by atoms with E-state index in [1.54, 1.807) is 6.20 Å². The van der Waals surface area contributed by atoms with Gasteiger partial charge in [-0.1, -0.05) is 35.4 Å². The fourth-order valence-electron chi connectivity index (χ4n) is 1.94. The molecule has 0 aliphatic carbocycles. The van der Waals surface area contributed by atoms with Gasteiger partial charge in [0.2, 0.25) is 0 Å². The zero-order chi connectivity index (χ0) is 11.5. The SMILES string of the molecule is Cc1cc(C)cc([C@H](N)c2cccnc2)c1. The molecular formula is C14H16N2. The molecular weight excluding hydrogens is 196 g/mol. The van der Waals surface area contributed by atoms with E-state index in [0.717, 1.165) is 11.1 Å². The van der Waals surface area contributed by atoms with E-state index in [-0.39, 0.29) is 6.04 Å². The van der Waals surface area contributed by atoms with Gasteiger partial charge >= 0.3 is 0 Å². The molecule has 1 heterocycles. The maximum atomic E-state index is 6.21. The van der Waals surface area contributed by atoms with Crippen molar-refractivity contribution in [3.05, 3.63) is 65.0 Å². The number of hydrogen-bond donors (Lipinski definition) is 1. The van der Waals surface area contributed by atoms with E-state index in [1.807, 2.05) is 18.3 Å². The maximum Gasteiger partial charge on any atom is 0.0567 e. The van der Waals surface area contributed by atoms with Gasteiger partial charge in [-0.3, -0.25) is 4.98 Å². The molecule has 0 radical (unpaired) electrons. The van der Waals surface area contributed by atoms with Gasteiger partial charge in [0.05, 0.1) is 6.04 Å². The van der Waals surface area contributed by atoms with Gasteiger partial charge in [-0.15, -0.1) is 0 Å². The molecule has 0 saturated carbocycles. The summed E-state index contributed by atoms with van der Waals surface area (Å²) < 4.78 is 0. The van der Waals surface area contributed by atoms with Crippen LogP contribution in [0.3, 0.4) is 0 Å². The highest BCUT2D eigenvalue weighted by atomic mass is 14.7. The summed E-state index contributed by atoms with van der Waals surface area (Å²) in [6.45, 7) is 4.18. The van der Waals surface area contributed by atoms with Crippen molar-refractivity contribution >= 4 is 0 Å². The molecule has 0 saturated heterocycles. The molecule has 1 atom stereocenters. The largest absolute Gasteiger partial charge is 0.320 e. The zero-order valence-electron chi connectivity index (χ0n) is 9.64. The van der Waals surface area contributed by atoms with E-state index >= 15 is 0 Å². The van der Waals surface area contributed by atoms with E-state index in [2.05, 4.69) is 37.0 Å². The molecule has 1 aromatic carbocycles. The third-order valence-electron chi connectivity index (χ3n) is 2.65. The van der Waals surface area contributed by atoms with Gasteiger partial charge in [0, 0.05) is 12.4 Å². The highest BCUT2D eigenvalue weighted by Crippen LogP contribution is 2.20. The lowest BCUT2D eigenvalue weighted by atomic mass is 9.97. The monoisotopic (exact) mass is 212 g/mol. The molecule has 82 valence electrons. The lowest BCUT2D eigenvalue weighted by molar-refractivity contribution is 0.860. The molecule has 1 aromatic heterocycles. The number of aromatic nitrogens is 1. The van der Waals surface area contributed by atoms with Gasteiger partial charge in [0.25, 0.3) is 0 Å². The van der Waals surface area contributed by atoms with E-state index in [9.17, 15) is 0 Å². The van der Waals surface area contributed by atoms with Crippen LogP contribution in [0.5, 0.6) is 0 Å². The molecule has 2 nitrogen and oxygen atoms in total. The first kappa shape index (κ1) is 10.8. The van der Waals surface area contributed by atoms with Crippen LogP contribution in [0.2, 0.25) is 0 Å². The fourth-order valence-corrected chi connectivity index (χ4v) is 1.94. The smallest absolute Gasteiger partial charge is 0.0567 e. The summed E-state index contributed by atoms with van der Waals surface area (Å²) >= 11 is 0. The topological polar surface area (TPSA) is 38.9 Å². The van der Waals surface area contributed by atoms with Crippen molar-refractivity contribution in [1.29, 1.82) is 0 Å². The van der Waals surface area contributed by atoms with Crippen molar-refractivity contribution in [3.8, 4) is 0 Å². The Hall–Kier alpha value is -1.67. The second-order valence-corrected chi connectivity index (χ2v) is 4.19. The lowest BCUT2D eigenvalue weighted by Crippen LogP contribution is -2.12. The summed E-state index contributed by atoms with van der Waals surface area (Å²) in [5.41, 5.74) is 10.9. The molecule has 2 aromatic rings. The third kappa shape index (κ3) is 2.28. The first-order valence-corrected chi connectivity index (χ1v) is 5.40. The van der Waals surface area contributed by atoms with Gasteiger partial charge in [-0.25, -0.2) is 0 Å². The molecule has 0 amide bonds. The van der Waals surface area contributed by atoms with Gasteiger partial charge in [-0.2, -0.15) is 0 Å². The Bertz CT molecular complexity index is 457. The molecule has 0 aliphatic rings. The molecule has 2 heteroatoms. The molecule has 0 fully saturated rings. The Morgan fingerprint density at radius 3 is 2.31 bits per heavy atom. The maximum absolute atomic E-state index is 6.21. The number of aryl methyl sites for hydroxylation is 2. The molecule has 0 aliphatic heterocycles. The Morgan fingerprint density at radius 2 is 1.75 bits per heavy atom. The summed E-state index contributed by atoms with van der Waals surface area (Å²) in [6, 6.07) is 10.2. The summed E-state index contributed by atoms with van der Waals surface area (Å²) in [5, 5.41) is 0. The van der Waals surface area contributed by atoms with Crippen LogP contribution in [0, 0.1) is 13.8 Å². The Kier molecular flexibility index (Phi) is 3.02. The lowest BCUT2D eigenvalue weighted by Gasteiger charge is -2.13. The Balaban J connectivity index is 2.37. The van der Waals surface area contributed by atoms with E-state index in [4.69, 9.17) is 5.73 Å². The number of hydrogen-bond acceptors (Lipinski definition) is 2. The van der Waals surface area contributed by atoms with Crippen LogP contribution in [-0.2, 0) is 0 Å². The van der Waals surface area contributed by atoms with Gasteiger partial charge in [0.1, 0.15) is 0 Å². The number of nitrogens with zero attached hydrogens (tertiary/aromatic N) is 1. The van der Waals surface area contributed by atoms with Crippen LogP contribution < -0.4 is 5.73 Å². The second-order valence-electron chi connectivity index (χ2n) is 4.19. The number of nitrogens with two attached hydrogens (primary N) is 1. The van der Waals surface area contributed by atoms with Crippen molar-refractivity contribution < 1.29 is 0 Å². The average Bonchev–Trinajstić information content (AvgIpc) is 2.28. The normalized spacial score (nSPS) is 12.4. The number of benzene rings is 1. The standard InChI is InChI=1S/C14H16N2/c1-10-6-11(2)8-13(7-10)14(15)12-4-3-5-16-9-12/h3-9,14H,15H2,1-2H3/t14-/m1/s1. The summed E-state index contributed by atoms with van der Waals surface area (Å²) in [5.74, 6) is 0. The fraction of sp³-hybridized carbons (Fsp3) is 0.214. The highest BCUT2D eigenvalue weighted by Gasteiger charge is 2.09. The minimum atomic E-state index is -0.0905. The van der Waals surface area contributed by atoms with Crippen molar-refractivity contribution in [2.75, 3.05) is 0 Å². The van der Waals surface area contributed by atoms with Crippen molar-refractivity contribution in [2.24, 2.45) is 5.73 Å². The van der Waals surface area contributed by atoms with Crippen LogP contribution in [0.1, 0.15) is 28.3 Å².